The second-order valence-corrected chi connectivity index (χ2v) is 4.38. The molecular formula is C14H19N3O4S. The maximum Gasteiger partial charge on any atom is 0.232 e. The van der Waals surface area contributed by atoms with Gasteiger partial charge in [0.1, 0.15) is 0 Å². The van der Waals surface area contributed by atoms with Gasteiger partial charge in [-0.05, 0) is 12.2 Å². The number of nitrogens with one attached hydrogen (secondary N) is 2. The molecule has 1 aromatic carbocycles. The Labute approximate surface area is 134 Å². The number of anilines is 1. The van der Waals surface area contributed by atoms with Crippen LogP contribution in [0.3, 0.4) is 0 Å². The zero-order valence-electron chi connectivity index (χ0n) is 12.7. The topological polar surface area (TPSA) is 72.1 Å². The van der Waals surface area contributed by atoms with Gasteiger partial charge in [0.15, 0.2) is 16.6 Å². The summed E-state index contributed by atoms with van der Waals surface area (Å²) in [5.41, 5.74) is 3.22. The van der Waals surface area contributed by atoms with Gasteiger partial charge in [-0.3, -0.25) is 10.2 Å². The third kappa shape index (κ3) is 4.26. The number of hydrogen-bond donors (Lipinski definition) is 2. The zero-order chi connectivity index (χ0) is 16.5. The van der Waals surface area contributed by atoms with Crippen molar-refractivity contribution in [2.24, 2.45) is 0 Å². The summed E-state index contributed by atoms with van der Waals surface area (Å²) in [6.45, 7) is 4.05. The predicted molar refractivity (Wildman–Crippen MR) is 88.6 cm³/mol. The van der Waals surface area contributed by atoms with Gasteiger partial charge in [-0.15, -0.1) is 6.58 Å². The highest BCUT2D eigenvalue weighted by atomic mass is 32.1. The van der Waals surface area contributed by atoms with Gasteiger partial charge in [-0.1, -0.05) is 6.08 Å². The van der Waals surface area contributed by atoms with E-state index in [9.17, 15) is 4.79 Å². The van der Waals surface area contributed by atoms with Gasteiger partial charge in [-0.25, -0.2) is 5.01 Å². The van der Waals surface area contributed by atoms with E-state index < -0.39 is 0 Å². The highest BCUT2D eigenvalue weighted by molar-refractivity contribution is 7.80. The monoisotopic (exact) mass is 325 g/mol. The Kier molecular flexibility index (Phi) is 6.97. The lowest BCUT2D eigenvalue weighted by Crippen LogP contribution is -2.46. The lowest BCUT2D eigenvalue weighted by molar-refractivity contribution is -0.107. The quantitative estimate of drug-likeness (QED) is 0.322. The van der Waals surface area contributed by atoms with Crippen molar-refractivity contribution in [2.45, 2.75) is 0 Å². The van der Waals surface area contributed by atoms with Gasteiger partial charge in [0.2, 0.25) is 12.2 Å². The second-order valence-electron chi connectivity index (χ2n) is 3.97. The van der Waals surface area contributed by atoms with Crippen molar-refractivity contribution in [1.29, 1.82) is 0 Å². The van der Waals surface area contributed by atoms with Gasteiger partial charge in [0, 0.05) is 18.7 Å². The van der Waals surface area contributed by atoms with E-state index in [1.807, 2.05) is 0 Å². The summed E-state index contributed by atoms with van der Waals surface area (Å²) in [5, 5.41) is 4.34. The van der Waals surface area contributed by atoms with Gasteiger partial charge in [0.25, 0.3) is 0 Å². The molecule has 8 heteroatoms. The Morgan fingerprint density at radius 2 is 1.86 bits per heavy atom. The molecule has 0 saturated carbocycles. The van der Waals surface area contributed by atoms with E-state index in [2.05, 4.69) is 17.3 Å². The molecule has 0 aliphatic carbocycles. The highest BCUT2D eigenvalue weighted by Crippen LogP contribution is 2.40. The van der Waals surface area contributed by atoms with Crippen LogP contribution in [-0.4, -0.2) is 39.4 Å². The Bertz CT molecular complexity index is 526. The minimum absolute atomic E-state index is 0.278. The van der Waals surface area contributed by atoms with Crippen LogP contribution in [0, 0.1) is 0 Å². The van der Waals surface area contributed by atoms with Gasteiger partial charge < -0.3 is 19.5 Å². The first-order valence-electron chi connectivity index (χ1n) is 6.31. The van der Waals surface area contributed by atoms with Crippen molar-refractivity contribution in [3.63, 3.8) is 0 Å². The van der Waals surface area contributed by atoms with Crippen LogP contribution in [0.4, 0.5) is 5.69 Å². The highest BCUT2D eigenvalue weighted by Gasteiger charge is 2.17. The molecule has 0 saturated heterocycles. The minimum Gasteiger partial charge on any atom is -0.493 e. The number of nitrogens with zero attached hydrogens (tertiary/aromatic N) is 1. The Morgan fingerprint density at radius 3 is 2.27 bits per heavy atom. The molecule has 0 unspecified atom stereocenters. The number of hydrazine groups is 1. The van der Waals surface area contributed by atoms with Crippen molar-refractivity contribution < 1.29 is 19.0 Å². The fraction of sp³-hybridized carbons (Fsp3) is 0.286. The third-order valence-electron chi connectivity index (χ3n) is 2.66. The molecule has 1 rings (SSSR count). The molecular weight excluding hydrogens is 306 g/mol. The lowest BCUT2D eigenvalue weighted by Gasteiger charge is -2.22. The third-order valence-corrected chi connectivity index (χ3v) is 2.90. The van der Waals surface area contributed by atoms with E-state index in [0.29, 0.717) is 35.9 Å². The van der Waals surface area contributed by atoms with E-state index >= 15 is 0 Å². The van der Waals surface area contributed by atoms with Gasteiger partial charge >= 0.3 is 0 Å². The van der Waals surface area contributed by atoms with Crippen LogP contribution in [0.15, 0.2) is 24.8 Å². The molecule has 1 aromatic rings. The summed E-state index contributed by atoms with van der Waals surface area (Å²) in [7, 11) is 4.50. The fourth-order valence-corrected chi connectivity index (χ4v) is 1.85. The zero-order valence-corrected chi connectivity index (χ0v) is 13.5. The molecule has 0 bridgehead atoms. The maximum atomic E-state index is 11.3. The van der Waals surface area contributed by atoms with Crippen LogP contribution in [0.2, 0.25) is 0 Å². The van der Waals surface area contributed by atoms with E-state index in [1.54, 1.807) is 18.2 Å². The van der Waals surface area contributed by atoms with Crippen molar-refractivity contribution in [1.82, 2.24) is 10.7 Å². The average molecular weight is 325 g/mol. The fourth-order valence-electron chi connectivity index (χ4n) is 1.67. The first-order valence-corrected chi connectivity index (χ1v) is 6.72. The first kappa shape index (κ1) is 17.6. The molecule has 120 valence electrons. The number of amides is 1. The molecule has 22 heavy (non-hydrogen) atoms. The summed E-state index contributed by atoms with van der Waals surface area (Å²) < 4.78 is 15.7. The number of thiocarbonyl (C=S) groups is 1. The summed E-state index contributed by atoms with van der Waals surface area (Å²) in [5.74, 6) is 1.29. The SMILES string of the molecule is C=CCNC(=S)NN(C=O)c1cc(OC)c(OC)c(OC)c1. The number of methoxy groups -OCH3 is 3. The number of carbonyl (C=O) groups excluding carboxylic acids is 1. The minimum atomic E-state index is 0.278. The van der Waals surface area contributed by atoms with Crippen molar-refractivity contribution in [2.75, 3.05) is 32.9 Å². The van der Waals surface area contributed by atoms with Crippen LogP contribution in [0.1, 0.15) is 0 Å². The summed E-state index contributed by atoms with van der Waals surface area (Å²) in [6, 6.07) is 3.25. The number of rotatable bonds is 8. The van der Waals surface area contributed by atoms with Crippen molar-refractivity contribution in [3.8, 4) is 17.2 Å². The Morgan fingerprint density at radius 1 is 1.27 bits per heavy atom. The van der Waals surface area contributed by atoms with Crippen LogP contribution < -0.4 is 30.0 Å². The standard InChI is InChI=1S/C14H19N3O4S/c1-5-6-15-14(22)16-17(9-18)10-7-11(19-2)13(21-4)12(8-10)20-3/h5,7-9H,1,6H2,2-4H3,(H2,15,16,22). The summed E-state index contributed by atoms with van der Waals surface area (Å²) in [6.07, 6.45) is 2.24. The van der Waals surface area contributed by atoms with Crippen LogP contribution in [0.5, 0.6) is 17.2 Å². The van der Waals surface area contributed by atoms with E-state index in [4.69, 9.17) is 26.4 Å². The van der Waals surface area contributed by atoms with E-state index in [1.165, 1.54) is 26.3 Å². The molecule has 1 amide bonds. The van der Waals surface area contributed by atoms with Gasteiger partial charge in [-0.2, -0.15) is 0 Å². The lowest BCUT2D eigenvalue weighted by atomic mass is 10.2. The second kappa shape index (κ2) is 8.73. The number of carbonyl (C=O) groups is 1. The molecule has 0 atom stereocenters. The predicted octanol–water partition coefficient (Wildman–Crippen LogP) is 1.24. The number of benzene rings is 1. The molecule has 0 heterocycles. The molecule has 7 nitrogen and oxygen atoms in total. The van der Waals surface area contributed by atoms with Crippen LogP contribution in [-0.2, 0) is 4.79 Å². The van der Waals surface area contributed by atoms with Crippen molar-refractivity contribution >= 4 is 29.4 Å². The Balaban J connectivity index is 3.08. The smallest absolute Gasteiger partial charge is 0.232 e. The summed E-state index contributed by atoms with van der Waals surface area (Å²) in [4.78, 5) is 11.3. The largest absolute Gasteiger partial charge is 0.493 e. The van der Waals surface area contributed by atoms with E-state index in [-0.39, 0.29) is 5.11 Å². The molecule has 0 aliphatic rings. The maximum absolute atomic E-state index is 11.3. The number of hydrogen-bond acceptors (Lipinski definition) is 5. The van der Waals surface area contributed by atoms with Crippen molar-refractivity contribution in [3.05, 3.63) is 24.8 Å². The molecule has 0 aliphatic heterocycles. The van der Waals surface area contributed by atoms with Crippen LogP contribution >= 0.6 is 12.2 Å². The molecule has 0 radical (unpaired) electrons. The first-order chi connectivity index (χ1) is 10.6. The average Bonchev–Trinajstić information content (AvgIpc) is 2.56. The number of ether oxygens (including phenoxy) is 3. The van der Waals surface area contributed by atoms with Gasteiger partial charge in [0.05, 0.1) is 27.0 Å². The molecule has 0 fully saturated rings. The Hall–Kier alpha value is -2.48. The summed E-state index contributed by atoms with van der Waals surface area (Å²) >= 11 is 5.08. The molecule has 0 spiro atoms. The molecule has 0 aromatic heterocycles. The molecule has 2 N–H and O–H groups in total. The normalized spacial score (nSPS) is 9.41. The van der Waals surface area contributed by atoms with E-state index in [0.717, 1.165) is 0 Å². The van der Waals surface area contributed by atoms with Crippen LogP contribution in [0.25, 0.3) is 0 Å².